The first kappa shape index (κ1) is 27.3. The maximum absolute atomic E-state index is 12.6. The van der Waals surface area contributed by atoms with Crippen molar-refractivity contribution in [3.8, 4) is 0 Å². The molecule has 2 aliphatic rings. The molecule has 10 atom stereocenters. The standard InChI is InChI=1S/C25H34O10/c1-12-5-7-16(8-6-12)9-10-18(27)35-22-14(3)32-25(31)24(23(22)33-15(4)26)34-17-11-13(2)19(28)21(30)20(17)29/h5-10,13-14,17,19-25,28-31H,11H2,1-4H3/b10-9+/t13?,14?,17?,19?,20?,21?,22?,23?,24-,25?/m0/s1. The number of aliphatic hydroxyl groups excluding tert-OH is 4. The van der Waals surface area contributed by atoms with Crippen molar-refractivity contribution in [3.05, 3.63) is 41.5 Å². The first-order chi connectivity index (χ1) is 16.5. The molecule has 0 aromatic heterocycles. The monoisotopic (exact) mass is 494 g/mol. The molecule has 1 aromatic rings. The summed E-state index contributed by atoms with van der Waals surface area (Å²) in [7, 11) is 0. The van der Waals surface area contributed by atoms with Crippen LogP contribution in [0.2, 0.25) is 0 Å². The maximum Gasteiger partial charge on any atom is 0.331 e. The molecule has 1 aliphatic carbocycles. The molecule has 3 rings (SSSR count). The fourth-order valence-electron chi connectivity index (χ4n) is 4.38. The highest BCUT2D eigenvalue weighted by Crippen LogP contribution is 2.33. The highest BCUT2D eigenvalue weighted by atomic mass is 16.7. The summed E-state index contributed by atoms with van der Waals surface area (Å²) in [6.45, 7) is 6.34. The van der Waals surface area contributed by atoms with Gasteiger partial charge < -0.3 is 39.4 Å². The number of rotatable bonds is 6. The van der Waals surface area contributed by atoms with E-state index in [1.807, 2.05) is 31.2 Å². The van der Waals surface area contributed by atoms with E-state index >= 15 is 0 Å². The van der Waals surface area contributed by atoms with Crippen LogP contribution in [0.1, 0.15) is 38.3 Å². The van der Waals surface area contributed by atoms with E-state index < -0.39 is 73.0 Å². The molecule has 0 spiro atoms. The van der Waals surface area contributed by atoms with Gasteiger partial charge >= 0.3 is 11.9 Å². The van der Waals surface area contributed by atoms with Gasteiger partial charge in [-0.05, 0) is 37.8 Å². The summed E-state index contributed by atoms with van der Waals surface area (Å²) in [5.74, 6) is -1.83. The third-order valence-corrected chi connectivity index (χ3v) is 6.39. The zero-order valence-corrected chi connectivity index (χ0v) is 20.2. The van der Waals surface area contributed by atoms with Crippen molar-refractivity contribution >= 4 is 18.0 Å². The molecule has 0 radical (unpaired) electrons. The second-order valence-corrected chi connectivity index (χ2v) is 9.28. The van der Waals surface area contributed by atoms with Gasteiger partial charge in [-0.15, -0.1) is 0 Å². The lowest BCUT2D eigenvalue weighted by molar-refractivity contribution is -0.311. The summed E-state index contributed by atoms with van der Waals surface area (Å²) in [6.07, 6.45) is -8.23. The Morgan fingerprint density at radius 2 is 1.60 bits per heavy atom. The van der Waals surface area contributed by atoms with Gasteiger partial charge in [0.25, 0.3) is 0 Å². The second kappa shape index (κ2) is 11.6. The fraction of sp³-hybridized carbons (Fsp3) is 0.600. The number of aliphatic hydroxyl groups is 4. The van der Waals surface area contributed by atoms with Crippen LogP contribution in [0.15, 0.2) is 30.3 Å². The van der Waals surface area contributed by atoms with Crippen molar-refractivity contribution in [2.24, 2.45) is 5.92 Å². The first-order valence-electron chi connectivity index (χ1n) is 11.6. The second-order valence-electron chi connectivity index (χ2n) is 9.28. The quantitative estimate of drug-likeness (QED) is 0.324. The Balaban J connectivity index is 1.78. The van der Waals surface area contributed by atoms with E-state index in [9.17, 15) is 30.0 Å². The molecule has 9 unspecified atom stereocenters. The SMILES string of the molecule is CC(=O)OC1C(OC(=O)/C=C/c2ccc(C)cc2)C(C)OC(O)[C@H]1OC1CC(C)C(O)C(O)C1O. The van der Waals surface area contributed by atoms with Crippen LogP contribution >= 0.6 is 0 Å². The van der Waals surface area contributed by atoms with Crippen LogP contribution in [0.5, 0.6) is 0 Å². The van der Waals surface area contributed by atoms with Gasteiger partial charge in [0.1, 0.15) is 18.3 Å². The fourth-order valence-corrected chi connectivity index (χ4v) is 4.38. The van der Waals surface area contributed by atoms with E-state index in [0.717, 1.165) is 18.1 Å². The van der Waals surface area contributed by atoms with Crippen molar-refractivity contribution in [2.45, 2.75) is 89.2 Å². The Kier molecular flexibility index (Phi) is 9.03. The van der Waals surface area contributed by atoms with Gasteiger partial charge in [-0.2, -0.15) is 0 Å². The Labute approximate surface area is 204 Å². The number of carbonyl (C=O) groups excluding carboxylic acids is 2. The summed E-state index contributed by atoms with van der Waals surface area (Å²) in [6, 6.07) is 7.49. The molecule has 35 heavy (non-hydrogen) atoms. The topological polar surface area (TPSA) is 152 Å². The van der Waals surface area contributed by atoms with E-state index in [2.05, 4.69) is 0 Å². The lowest BCUT2D eigenvalue weighted by Crippen LogP contribution is -2.63. The van der Waals surface area contributed by atoms with Gasteiger partial charge in [0.15, 0.2) is 18.5 Å². The minimum atomic E-state index is -1.57. The highest BCUT2D eigenvalue weighted by Gasteiger charge is 2.51. The van der Waals surface area contributed by atoms with Gasteiger partial charge in [-0.3, -0.25) is 4.79 Å². The number of hydrogen-bond donors (Lipinski definition) is 4. The normalized spacial score (nSPS) is 37.7. The number of carbonyl (C=O) groups is 2. The van der Waals surface area contributed by atoms with Crippen LogP contribution in [0.25, 0.3) is 6.08 Å². The summed E-state index contributed by atoms with van der Waals surface area (Å²) in [5.41, 5.74) is 1.86. The Morgan fingerprint density at radius 3 is 2.23 bits per heavy atom. The van der Waals surface area contributed by atoms with E-state index in [0.29, 0.717) is 0 Å². The van der Waals surface area contributed by atoms with Crippen LogP contribution in [0.3, 0.4) is 0 Å². The molecule has 1 aliphatic heterocycles. The molecule has 1 saturated heterocycles. The van der Waals surface area contributed by atoms with Gasteiger partial charge in [-0.25, -0.2) is 4.79 Å². The lowest BCUT2D eigenvalue weighted by Gasteiger charge is -2.46. The zero-order valence-electron chi connectivity index (χ0n) is 20.2. The van der Waals surface area contributed by atoms with E-state index in [4.69, 9.17) is 18.9 Å². The predicted octanol–water partition coefficient (Wildman–Crippen LogP) is 0.465. The number of ether oxygens (including phenoxy) is 4. The minimum Gasteiger partial charge on any atom is -0.455 e. The molecule has 194 valence electrons. The average Bonchev–Trinajstić information content (AvgIpc) is 2.80. The van der Waals surface area contributed by atoms with E-state index in [1.165, 1.54) is 6.08 Å². The van der Waals surface area contributed by atoms with Crippen LogP contribution in [-0.2, 0) is 28.5 Å². The molecule has 4 N–H and O–H groups in total. The summed E-state index contributed by atoms with van der Waals surface area (Å²) in [5, 5.41) is 41.1. The molecule has 1 saturated carbocycles. The Hall–Kier alpha value is -2.34. The minimum absolute atomic E-state index is 0.161. The number of aryl methyl sites for hydroxylation is 1. The van der Waals surface area contributed by atoms with Crippen LogP contribution in [0, 0.1) is 12.8 Å². The van der Waals surface area contributed by atoms with Crippen molar-refractivity contribution < 1.29 is 49.0 Å². The third-order valence-electron chi connectivity index (χ3n) is 6.39. The average molecular weight is 495 g/mol. The number of hydrogen-bond acceptors (Lipinski definition) is 10. The van der Waals surface area contributed by atoms with Gasteiger partial charge in [0, 0.05) is 13.0 Å². The Morgan fingerprint density at radius 1 is 0.943 bits per heavy atom. The molecule has 0 bridgehead atoms. The molecule has 1 aromatic carbocycles. The van der Waals surface area contributed by atoms with Crippen LogP contribution in [0.4, 0.5) is 0 Å². The summed E-state index contributed by atoms with van der Waals surface area (Å²) < 4.78 is 22.3. The van der Waals surface area contributed by atoms with Gasteiger partial charge in [-0.1, -0.05) is 36.8 Å². The molecular weight excluding hydrogens is 460 g/mol. The number of esters is 2. The number of benzene rings is 1. The lowest BCUT2D eigenvalue weighted by atomic mass is 9.81. The Bertz CT molecular complexity index is 900. The third kappa shape index (κ3) is 6.66. The molecule has 10 nitrogen and oxygen atoms in total. The van der Waals surface area contributed by atoms with E-state index in [-0.39, 0.29) is 6.42 Å². The van der Waals surface area contributed by atoms with Crippen molar-refractivity contribution in [2.75, 3.05) is 0 Å². The van der Waals surface area contributed by atoms with Crippen molar-refractivity contribution in [3.63, 3.8) is 0 Å². The molecule has 0 amide bonds. The maximum atomic E-state index is 12.6. The summed E-state index contributed by atoms with van der Waals surface area (Å²) >= 11 is 0. The molecule has 10 heteroatoms. The van der Waals surface area contributed by atoms with Crippen molar-refractivity contribution in [1.82, 2.24) is 0 Å². The zero-order chi connectivity index (χ0) is 25.9. The van der Waals surface area contributed by atoms with Crippen molar-refractivity contribution in [1.29, 1.82) is 0 Å². The predicted molar refractivity (Wildman–Crippen MR) is 123 cm³/mol. The van der Waals surface area contributed by atoms with E-state index in [1.54, 1.807) is 19.9 Å². The molecule has 2 fully saturated rings. The first-order valence-corrected chi connectivity index (χ1v) is 11.6. The van der Waals surface area contributed by atoms with Gasteiger partial charge in [0.2, 0.25) is 0 Å². The van der Waals surface area contributed by atoms with Gasteiger partial charge in [0.05, 0.1) is 18.3 Å². The molecular formula is C25H34O10. The largest absolute Gasteiger partial charge is 0.455 e. The molecule has 1 heterocycles. The van der Waals surface area contributed by atoms with Crippen LogP contribution in [-0.4, -0.2) is 87.5 Å². The highest BCUT2D eigenvalue weighted by molar-refractivity contribution is 5.87. The smallest absolute Gasteiger partial charge is 0.331 e. The summed E-state index contributed by atoms with van der Waals surface area (Å²) in [4.78, 5) is 24.4. The van der Waals surface area contributed by atoms with Crippen LogP contribution < -0.4 is 0 Å².